The average molecular weight is 397 g/mol. The van der Waals surface area contributed by atoms with Gasteiger partial charge in [0.05, 0.1) is 19.4 Å². The Balaban J connectivity index is 1.44. The molecule has 1 N–H and O–H groups in total. The number of nitrogens with zero attached hydrogens (tertiary/aromatic N) is 1. The lowest BCUT2D eigenvalue weighted by molar-refractivity contribution is -0.116. The third-order valence-corrected chi connectivity index (χ3v) is 5.19. The number of hydrogen-bond donors (Lipinski definition) is 1. The van der Waals surface area contributed by atoms with Crippen LogP contribution in [0.3, 0.4) is 0 Å². The number of rotatable bonds is 8. The molecular weight excluding hydrogens is 372 g/mol. The number of hydrogen-bond acceptors (Lipinski definition) is 5. The second kappa shape index (κ2) is 9.37. The predicted octanol–water partition coefficient (Wildman–Crippen LogP) is 5.23. The molecule has 0 aliphatic carbocycles. The predicted molar refractivity (Wildman–Crippen MR) is 113 cm³/mol. The standard InChI is InChI=1S/C22H24N2O3S/c1-15-6-7-17(13-16(15)2)20-14-28-22(23-20)24-21(25)5-4-12-27-19-10-8-18(26-3)9-11-19/h6-11,13-14H,4-5,12H2,1-3H3,(H,23,24,25). The molecule has 3 aromatic rings. The number of amides is 1. The largest absolute Gasteiger partial charge is 0.497 e. The van der Waals surface area contributed by atoms with Gasteiger partial charge in [-0.2, -0.15) is 0 Å². The van der Waals surface area contributed by atoms with Gasteiger partial charge in [0.1, 0.15) is 11.5 Å². The van der Waals surface area contributed by atoms with Crippen molar-refractivity contribution in [1.82, 2.24) is 4.98 Å². The van der Waals surface area contributed by atoms with Crippen LogP contribution in [0.25, 0.3) is 11.3 Å². The fourth-order valence-electron chi connectivity index (χ4n) is 2.64. The van der Waals surface area contributed by atoms with Crippen molar-refractivity contribution in [3.8, 4) is 22.8 Å². The van der Waals surface area contributed by atoms with E-state index in [4.69, 9.17) is 9.47 Å². The number of carbonyl (C=O) groups excluding carboxylic acids is 1. The molecule has 0 aliphatic heterocycles. The van der Waals surface area contributed by atoms with Crippen LogP contribution in [0.2, 0.25) is 0 Å². The summed E-state index contributed by atoms with van der Waals surface area (Å²) in [5, 5.41) is 5.45. The van der Waals surface area contributed by atoms with Crippen LogP contribution in [0.5, 0.6) is 11.5 Å². The number of anilines is 1. The second-order valence-electron chi connectivity index (χ2n) is 6.51. The van der Waals surface area contributed by atoms with E-state index in [2.05, 4.69) is 42.3 Å². The van der Waals surface area contributed by atoms with Crippen LogP contribution in [-0.2, 0) is 4.79 Å². The van der Waals surface area contributed by atoms with Crippen LogP contribution in [0, 0.1) is 13.8 Å². The zero-order valence-electron chi connectivity index (χ0n) is 16.3. The smallest absolute Gasteiger partial charge is 0.226 e. The lowest BCUT2D eigenvalue weighted by atomic mass is 10.1. The minimum Gasteiger partial charge on any atom is -0.497 e. The van der Waals surface area contributed by atoms with E-state index in [1.54, 1.807) is 7.11 Å². The van der Waals surface area contributed by atoms with Gasteiger partial charge in [-0.25, -0.2) is 4.98 Å². The third-order valence-electron chi connectivity index (χ3n) is 4.43. The number of thiazole rings is 1. The first-order chi connectivity index (χ1) is 13.5. The number of carbonyl (C=O) groups is 1. The monoisotopic (exact) mass is 396 g/mol. The quantitative estimate of drug-likeness (QED) is 0.530. The van der Waals surface area contributed by atoms with Crippen molar-refractivity contribution in [3.63, 3.8) is 0 Å². The van der Waals surface area contributed by atoms with E-state index < -0.39 is 0 Å². The summed E-state index contributed by atoms with van der Waals surface area (Å²) in [7, 11) is 1.63. The summed E-state index contributed by atoms with van der Waals surface area (Å²) in [6.07, 6.45) is 1.02. The third kappa shape index (κ3) is 5.33. The molecule has 0 fully saturated rings. The maximum Gasteiger partial charge on any atom is 0.226 e. The number of aryl methyl sites for hydroxylation is 2. The van der Waals surface area contributed by atoms with E-state index in [0.717, 1.165) is 22.8 Å². The summed E-state index contributed by atoms with van der Waals surface area (Å²) in [6.45, 7) is 4.65. The summed E-state index contributed by atoms with van der Waals surface area (Å²) >= 11 is 1.44. The van der Waals surface area contributed by atoms with E-state index in [9.17, 15) is 4.79 Å². The summed E-state index contributed by atoms with van der Waals surface area (Å²) in [5.41, 5.74) is 4.43. The normalized spacial score (nSPS) is 10.5. The Bertz CT molecular complexity index is 935. The zero-order valence-corrected chi connectivity index (χ0v) is 17.1. The van der Waals surface area contributed by atoms with E-state index >= 15 is 0 Å². The van der Waals surface area contributed by atoms with Crippen LogP contribution in [-0.4, -0.2) is 24.6 Å². The lowest BCUT2D eigenvalue weighted by Gasteiger charge is -2.07. The Kier molecular flexibility index (Phi) is 6.66. The molecule has 5 nitrogen and oxygen atoms in total. The molecule has 2 aromatic carbocycles. The van der Waals surface area contributed by atoms with Gasteiger partial charge in [-0.3, -0.25) is 4.79 Å². The first kappa shape index (κ1) is 19.9. The molecule has 0 aliphatic rings. The van der Waals surface area contributed by atoms with Gasteiger partial charge in [0, 0.05) is 17.4 Å². The van der Waals surface area contributed by atoms with Crippen LogP contribution in [0.1, 0.15) is 24.0 Å². The highest BCUT2D eigenvalue weighted by Gasteiger charge is 2.09. The minimum atomic E-state index is -0.0562. The first-order valence-electron chi connectivity index (χ1n) is 9.15. The number of ether oxygens (including phenoxy) is 2. The highest BCUT2D eigenvalue weighted by atomic mass is 32.1. The molecule has 0 spiro atoms. The Morgan fingerprint density at radius 1 is 1.07 bits per heavy atom. The average Bonchev–Trinajstić information content (AvgIpc) is 3.16. The van der Waals surface area contributed by atoms with Gasteiger partial charge in [-0.05, 0) is 61.7 Å². The zero-order chi connectivity index (χ0) is 19.9. The van der Waals surface area contributed by atoms with Crippen molar-refractivity contribution < 1.29 is 14.3 Å². The lowest BCUT2D eigenvalue weighted by Crippen LogP contribution is -2.12. The van der Waals surface area contributed by atoms with Gasteiger partial charge < -0.3 is 14.8 Å². The number of nitrogens with one attached hydrogen (secondary N) is 1. The topological polar surface area (TPSA) is 60.5 Å². The fraction of sp³-hybridized carbons (Fsp3) is 0.273. The van der Waals surface area contributed by atoms with Gasteiger partial charge in [0.2, 0.25) is 5.91 Å². The Labute approximate surface area is 169 Å². The highest BCUT2D eigenvalue weighted by molar-refractivity contribution is 7.14. The van der Waals surface area contributed by atoms with Crippen molar-refractivity contribution in [2.24, 2.45) is 0 Å². The molecule has 0 atom stereocenters. The number of methoxy groups -OCH3 is 1. The van der Waals surface area contributed by atoms with Gasteiger partial charge in [-0.1, -0.05) is 12.1 Å². The molecule has 0 saturated carbocycles. The molecule has 1 amide bonds. The van der Waals surface area contributed by atoms with Gasteiger partial charge in [-0.15, -0.1) is 11.3 Å². The van der Waals surface area contributed by atoms with Gasteiger partial charge in [0.15, 0.2) is 5.13 Å². The molecule has 28 heavy (non-hydrogen) atoms. The Morgan fingerprint density at radius 3 is 2.54 bits per heavy atom. The number of benzene rings is 2. The summed E-state index contributed by atoms with van der Waals surface area (Å²) < 4.78 is 10.8. The van der Waals surface area contributed by atoms with Crippen LogP contribution < -0.4 is 14.8 Å². The second-order valence-corrected chi connectivity index (χ2v) is 7.37. The fourth-order valence-corrected chi connectivity index (χ4v) is 3.38. The van der Waals surface area contributed by atoms with Gasteiger partial charge in [0.25, 0.3) is 0 Å². The molecule has 1 aromatic heterocycles. The van der Waals surface area contributed by atoms with E-state index in [1.807, 2.05) is 29.6 Å². The Morgan fingerprint density at radius 2 is 1.82 bits per heavy atom. The molecule has 0 saturated heterocycles. The van der Waals surface area contributed by atoms with Crippen molar-refractivity contribution in [3.05, 3.63) is 59.0 Å². The first-order valence-corrected chi connectivity index (χ1v) is 10.0. The molecule has 146 valence electrons. The van der Waals surface area contributed by atoms with Crippen molar-refractivity contribution in [2.45, 2.75) is 26.7 Å². The van der Waals surface area contributed by atoms with E-state index in [1.165, 1.54) is 22.5 Å². The highest BCUT2D eigenvalue weighted by Crippen LogP contribution is 2.26. The molecule has 6 heteroatoms. The van der Waals surface area contributed by atoms with Crippen molar-refractivity contribution in [1.29, 1.82) is 0 Å². The SMILES string of the molecule is COc1ccc(OCCCC(=O)Nc2nc(-c3ccc(C)c(C)c3)cs2)cc1. The van der Waals surface area contributed by atoms with Gasteiger partial charge >= 0.3 is 0 Å². The molecular formula is C22H24N2O3S. The van der Waals surface area contributed by atoms with Crippen molar-refractivity contribution in [2.75, 3.05) is 19.0 Å². The maximum atomic E-state index is 12.1. The molecule has 0 unspecified atom stereocenters. The van der Waals surface area contributed by atoms with Crippen molar-refractivity contribution >= 4 is 22.4 Å². The van der Waals surface area contributed by atoms with Crippen LogP contribution >= 0.6 is 11.3 Å². The van der Waals surface area contributed by atoms with Crippen LogP contribution in [0.15, 0.2) is 47.8 Å². The van der Waals surface area contributed by atoms with E-state index in [0.29, 0.717) is 24.6 Å². The van der Waals surface area contributed by atoms with E-state index in [-0.39, 0.29) is 5.91 Å². The molecule has 0 bridgehead atoms. The molecule has 1 heterocycles. The molecule has 3 rings (SSSR count). The summed E-state index contributed by atoms with van der Waals surface area (Å²) in [5.74, 6) is 1.49. The Hall–Kier alpha value is -2.86. The minimum absolute atomic E-state index is 0.0562. The maximum absolute atomic E-state index is 12.1. The number of aromatic nitrogens is 1. The van der Waals surface area contributed by atoms with Crippen LogP contribution in [0.4, 0.5) is 5.13 Å². The summed E-state index contributed by atoms with van der Waals surface area (Å²) in [4.78, 5) is 16.7. The molecule has 0 radical (unpaired) electrons. The summed E-state index contributed by atoms with van der Waals surface area (Å²) in [6, 6.07) is 13.7.